The highest BCUT2D eigenvalue weighted by Crippen LogP contribution is 2.37. The molecule has 3 aromatic rings. The number of ketones is 1. The SMILES string of the molecule is N#CCOc1ccccc1[C@@H]1NC(=S)NC(c2ccccc2)=C1C(=O)c1ccccc1. The molecular weight excluding hydrogens is 406 g/mol. The van der Waals surface area contributed by atoms with Gasteiger partial charge in [-0.3, -0.25) is 4.79 Å². The molecule has 4 rings (SSSR count). The Morgan fingerprint density at radius 2 is 1.61 bits per heavy atom. The first-order valence-electron chi connectivity index (χ1n) is 9.74. The van der Waals surface area contributed by atoms with E-state index in [0.29, 0.717) is 27.7 Å². The zero-order chi connectivity index (χ0) is 21.6. The minimum absolute atomic E-state index is 0.0936. The number of para-hydroxylation sites is 1. The monoisotopic (exact) mass is 425 g/mol. The number of carbonyl (C=O) groups is 1. The van der Waals surface area contributed by atoms with Crippen LogP contribution in [0.25, 0.3) is 5.70 Å². The number of hydrogen-bond acceptors (Lipinski definition) is 4. The van der Waals surface area contributed by atoms with Gasteiger partial charge in [-0.1, -0.05) is 78.9 Å². The molecule has 0 bridgehead atoms. The van der Waals surface area contributed by atoms with Crippen molar-refractivity contribution in [2.24, 2.45) is 0 Å². The highest BCUT2D eigenvalue weighted by atomic mass is 32.1. The first kappa shape index (κ1) is 20.3. The standard InChI is InChI=1S/C25H19N3O2S/c26-15-16-30-20-14-8-7-13-19(20)23-21(24(29)18-11-5-2-6-12-18)22(27-25(31)28-23)17-9-3-1-4-10-17/h1-14,23H,16H2,(H2,27,28,31)/t23-/m0/s1. The van der Waals surface area contributed by atoms with Gasteiger partial charge >= 0.3 is 0 Å². The van der Waals surface area contributed by atoms with Gasteiger partial charge in [0.1, 0.15) is 11.8 Å². The van der Waals surface area contributed by atoms with E-state index in [9.17, 15) is 4.79 Å². The molecular formula is C25H19N3O2S. The third kappa shape index (κ3) is 4.32. The molecule has 152 valence electrons. The fourth-order valence-corrected chi connectivity index (χ4v) is 3.80. The van der Waals surface area contributed by atoms with Gasteiger partial charge in [-0.05, 0) is 23.8 Å². The van der Waals surface area contributed by atoms with E-state index in [1.807, 2.05) is 72.8 Å². The summed E-state index contributed by atoms with van der Waals surface area (Å²) in [5, 5.41) is 15.8. The molecule has 0 saturated carbocycles. The van der Waals surface area contributed by atoms with Crippen molar-refractivity contribution in [1.29, 1.82) is 5.26 Å². The second-order valence-electron chi connectivity index (χ2n) is 6.87. The molecule has 1 aliphatic rings. The summed E-state index contributed by atoms with van der Waals surface area (Å²) in [6.45, 7) is -0.0936. The number of benzene rings is 3. The molecule has 0 saturated heterocycles. The number of rotatable bonds is 6. The lowest BCUT2D eigenvalue weighted by atomic mass is 9.87. The summed E-state index contributed by atoms with van der Waals surface area (Å²) in [5.41, 5.74) is 3.33. The van der Waals surface area contributed by atoms with E-state index in [2.05, 4.69) is 10.6 Å². The molecule has 0 spiro atoms. The van der Waals surface area contributed by atoms with Crippen molar-refractivity contribution in [3.05, 3.63) is 107 Å². The van der Waals surface area contributed by atoms with Crippen LogP contribution in [0.4, 0.5) is 0 Å². The van der Waals surface area contributed by atoms with Gasteiger partial charge < -0.3 is 15.4 Å². The normalized spacial score (nSPS) is 15.5. The predicted molar refractivity (Wildman–Crippen MR) is 123 cm³/mol. The molecule has 0 radical (unpaired) electrons. The molecule has 1 aliphatic heterocycles. The molecule has 2 N–H and O–H groups in total. The maximum absolute atomic E-state index is 13.7. The summed E-state index contributed by atoms with van der Waals surface area (Å²) >= 11 is 5.49. The van der Waals surface area contributed by atoms with Crippen molar-refractivity contribution < 1.29 is 9.53 Å². The molecule has 5 nitrogen and oxygen atoms in total. The van der Waals surface area contributed by atoms with Crippen LogP contribution in [0.5, 0.6) is 5.75 Å². The van der Waals surface area contributed by atoms with Crippen molar-refractivity contribution in [1.82, 2.24) is 10.6 Å². The molecule has 1 atom stereocenters. The Hall–Kier alpha value is -3.95. The molecule has 0 unspecified atom stereocenters. The second kappa shape index (κ2) is 9.24. The van der Waals surface area contributed by atoms with Crippen LogP contribution in [0.2, 0.25) is 0 Å². The van der Waals surface area contributed by atoms with E-state index in [-0.39, 0.29) is 12.4 Å². The number of nitrogens with zero attached hydrogens (tertiary/aromatic N) is 1. The summed E-state index contributed by atoms with van der Waals surface area (Å²) in [6.07, 6.45) is 0. The first-order valence-corrected chi connectivity index (χ1v) is 10.2. The Balaban J connectivity index is 1.92. The largest absolute Gasteiger partial charge is 0.478 e. The highest BCUT2D eigenvalue weighted by molar-refractivity contribution is 7.80. The zero-order valence-corrected chi connectivity index (χ0v) is 17.4. The lowest BCUT2D eigenvalue weighted by molar-refractivity contribution is 0.102. The second-order valence-corrected chi connectivity index (χ2v) is 7.27. The molecule has 0 amide bonds. The quantitative estimate of drug-likeness (QED) is 0.450. The first-order chi connectivity index (χ1) is 15.2. The third-order valence-corrected chi connectivity index (χ3v) is 5.16. The Kier molecular flexibility index (Phi) is 6.06. The van der Waals surface area contributed by atoms with Gasteiger partial charge in [0.2, 0.25) is 0 Å². The highest BCUT2D eigenvalue weighted by Gasteiger charge is 2.34. The van der Waals surface area contributed by atoms with Crippen LogP contribution in [0.3, 0.4) is 0 Å². The lowest BCUT2D eigenvalue weighted by Gasteiger charge is -2.32. The van der Waals surface area contributed by atoms with E-state index in [1.165, 1.54) is 0 Å². The smallest absolute Gasteiger partial charge is 0.193 e. The Morgan fingerprint density at radius 3 is 2.32 bits per heavy atom. The molecule has 6 heteroatoms. The topological polar surface area (TPSA) is 74.2 Å². The van der Waals surface area contributed by atoms with Crippen LogP contribution in [0.1, 0.15) is 27.5 Å². The number of ether oxygens (including phenoxy) is 1. The number of nitrogens with one attached hydrogen (secondary N) is 2. The van der Waals surface area contributed by atoms with Crippen LogP contribution in [-0.2, 0) is 0 Å². The molecule has 0 aromatic heterocycles. The van der Waals surface area contributed by atoms with Gasteiger partial charge in [-0.15, -0.1) is 0 Å². The van der Waals surface area contributed by atoms with Gasteiger partial charge in [0.05, 0.1) is 17.3 Å². The van der Waals surface area contributed by atoms with Gasteiger partial charge in [0.25, 0.3) is 0 Å². The molecule has 3 aromatic carbocycles. The zero-order valence-electron chi connectivity index (χ0n) is 16.5. The number of Topliss-reactive ketones (excluding diaryl/α,β-unsaturated/α-hetero) is 1. The van der Waals surface area contributed by atoms with E-state index < -0.39 is 6.04 Å². The maximum Gasteiger partial charge on any atom is 0.193 e. The number of carbonyl (C=O) groups excluding carboxylic acids is 1. The molecule has 0 aliphatic carbocycles. The fraction of sp³-hybridized carbons (Fsp3) is 0.0800. The number of hydrogen-bond donors (Lipinski definition) is 2. The lowest BCUT2D eigenvalue weighted by Crippen LogP contribution is -2.45. The van der Waals surface area contributed by atoms with Crippen molar-refractivity contribution in [3.63, 3.8) is 0 Å². The van der Waals surface area contributed by atoms with Crippen molar-refractivity contribution in [3.8, 4) is 11.8 Å². The maximum atomic E-state index is 13.7. The van der Waals surface area contributed by atoms with Gasteiger partial charge in [0.15, 0.2) is 17.5 Å². The van der Waals surface area contributed by atoms with E-state index in [1.54, 1.807) is 18.2 Å². The summed E-state index contributed by atoms with van der Waals surface area (Å²) in [7, 11) is 0. The summed E-state index contributed by atoms with van der Waals surface area (Å²) in [5.74, 6) is 0.402. The van der Waals surface area contributed by atoms with Crippen LogP contribution < -0.4 is 15.4 Å². The van der Waals surface area contributed by atoms with E-state index in [4.69, 9.17) is 22.2 Å². The van der Waals surface area contributed by atoms with E-state index in [0.717, 1.165) is 11.1 Å². The van der Waals surface area contributed by atoms with Crippen molar-refractivity contribution in [2.75, 3.05) is 6.61 Å². The van der Waals surface area contributed by atoms with Crippen molar-refractivity contribution >= 4 is 28.8 Å². The Labute approximate surface area is 186 Å². The number of thiocarbonyl (C=S) groups is 1. The fourth-order valence-electron chi connectivity index (χ4n) is 3.58. The van der Waals surface area contributed by atoms with Gasteiger partial charge in [-0.25, -0.2) is 0 Å². The minimum Gasteiger partial charge on any atom is -0.478 e. The van der Waals surface area contributed by atoms with Crippen LogP contribution >= 0.6 is 12.2 Å². The summed E-state index contributed by atoms with van der Waals surface area (Å²) < 4.78 is 5.65. The molecule has 0 fully saturated rings. The molecule has 31 heavy (non-hydrogen) atoms. The van der Waals surface area contributed by atoms with Crippen LogP contribution in [0, 0.1) is 11.3 Å². The van der Waals surface area contributed by atoms with Crippen LogP contribution in [0.15, 0.2) is 90.5 Å². The van der Waals surface area contributed by atoms with Crippen LogP contribution in [-0.4, -0.2) is 17.5 Å². The predicted octanol–water partition coefficient (Wildman–Crippen LogP) is 4.40. The number of nitriles is 1. The Morgan fingerprint density at radius 1 is 0.968 bits per heavy atom. The minimum atomic E-state index is -0.549. The Bertz CT molecular complexity index is 1180. The molecule has 1 heterocycles. The third-order valence-electron chi connectivity index (χ3n) is 4.94. The van der Waals surface area contributed by atoms with Gasteiger partial charge in [-0.2, -0.15) is 5.26 Å². The van der Waals surface area contributed by atoms with Crippen molar-refractivity contribution in [2.45, 2.75) is 6.04 Å². The van der Waals surface area contributed by atoms with E-state index >= 15 is 0 Å². The van der Waals surface area contributed by atoms with Gasteiger partial charge in [0, 0.05) is 11.1 Å². The average Bonchev–Trinajstić information content (AvgIpc) is 2.83. The summed E-state index contributed by atoms with van der Waals surface area (Å²) in [4.78, 5) is 13.7. The average molecular weight is 426 g/mol. The summed E-state index contributed by atoms with van der Waals surface area (Å²) in [6, 6.07) is 27.5.